The predicted octanol–water partition coefficient (Wildman–Crippen LogP) is 1.84. The lowest BCUT2D eigenvalue weighted by Crippen LogP contribution is -2.34. The Morgan fingerprint density at radius 3 is 2.18 bits per heavy atom. The van der Waals surface area contributed by atoms with Gasteiger partial charge in [0.25, 0.3) is 0 Å². The smallest absolute Gasteiger partial charge is 0.233 e. The van der Waals surface area contributed by atoms with Crippen LogP contribution >= 0.6 is 0 Å². The molecule has 0 radical (unpaired) electrons. The number of fused-ring (bicyclic) bond motifs is 5. The minimum absolute atomic E-state index is 0.0235. The highest BCUT2D eigenvalue weighted by Crippen LogP contribution is 2.52. The van der Waals surface area contributed by atoms with Crippen LogP contribution in [0.3, 0.4) is 0 Å². The number of amides is 2. The van der Waals surface area contributed by atoms with Gasteiger partial charge in [-0.05, 0) is 30.6 Å². The van der Waals surface area contributed by atoms with Crippen LogP contribution in [0.15, 0.2) is 12.2 Å². The molecule has 2 bridgehead atoms. The summed E-state index contributed by atoms with van der Waals surface area (Å²) in [6, 6.07) is 0. The largest absolute Gasteiger partial charge is 0.282 e. The summed E-state index contributed by atoms with van der Waals surface area (Å²) < 4.78 is 0. The van der Waals surface area contributed by atoms with E-state index in [2.05, 4.69) is 26.0 Å². The van der Waals surface area contributed by atoms with Crippen LogP contribution in [-0.2, 0) is 9.59 Å². The number of imide groups is 1. The first-order valence-corrected chi connectivity index (χ1v) is 6.63. The predicted molar refractivity (Wildman–Crippen MR) is 63.9 cm³/mol. The number of hydrogen-bond donors (Lipinski definition) is 0. The minimum atomic E-state index is -0.0235. The number of hydrogen-bond acceptors (Lipinski definition) is 2. The van der Waals surface area contributed by atoms with Gasteiger partial charge in [0.1, 0.15) is 0 Å². The van der Waals surface area contributed by atoms with Crippen LogP contribution < -0.4 is 0 Å². The third kappa shape index (κ3) is 1.48. The highest BCUT2D eigenvalue weighted by atomic mass is 16.2. The normalized spacial score (nSPS) is 38.6. The first-order valence-electron chi connectivity index (χ1n) is 6.63. The topological polar surface area (TPSA) is 37.4 Å². The number of allylic oxidation sites excluding steroid dienone is 2. The molecule has 1 saturated heterocycles. The summed E-state index contributed by atoms with van der Waals surface area (Å²) in [7, 11) is 0. The second-order valence-electron chi connectivity index (χ2n) is 6.01. The lowest BCUT2D eigenvalue weighted by Gasteiger charge is -2.18. The Balaban J connectivity index is 1.78. The first kappa shape index (κ1) is 11.0. The van der Waals surface area contributed by atoms with E-state index < -0.39 is 0 Å². The zero-order valence-electron chi connectivity index (χ0n) is 10.4. The van der Waals surface area contributed by atoms with Crippen LogP contribution in [-0.4, -0.2) is 23.3 Å². The maximum atomic E-state index is 12.3. The van der Waals surface area contributed by atoms with E-state index in [1.54, 1.807) is 0 Å². The molecule has 1 saturated carbocycles. The van der Waals surface area contributed by atoms with E-state index in [0.717, 1.165) is 12.8 Å². The van der Waals surface area contributed by atoms with E-state index in [1.165, 1.54) is 4.90 Å². The molecule has 1 aliphatic heterocycles. The van der Waals surface area contributed by atoms with Crippen molar-refractivity contribution in [3.63, 3.8) is 0 Å². The SMILES string of the molecule is CC(C)CCN1C(=O)C2C3C=CC(C3)C2C1=O. The van der Waals surface area contributed by atoms with Crippen LogP contribution in [0, 0.1) is 29.6 Å². The summed E-state index contributed by atoms with van der Waals surface area (Å²) in [5.41, 5.74) is 0. The van der Waals surface area contributed by atoms with E-state index >= 15 is 0 Å². The highest BCUT2D eigenvalue weighted by Gasteiger charge is 2.58. The molecule has 3 heteroatoms. The van der Waals surface area contributed by atoms with Crippen molar-refractivity contribution in [3.8, 4) is 0 Å². The molecular formula is C14H19NO2. The summed E-state index contributed by atoms with van der Waals surface area (Å²) in [6.07, 6.45) is 6.22. The van der Waals surface area contributed by atoms with Crippen LogP contribution in [0.5, 0.6) is 0 Å². The van der Waals surface area contributed by atoms with Gasteiger partial charge in [-0.1, -0.05) is 26.0 Å². The van der Waals surface area contributed by atoms with Gasteiger partial charge >= 0.3 is 0 Å². The highest BCUT2D eigenvalue weighted by molar-refractivity contribution is 6.06. The third-order valence-corrected chi connectivity index (χ3v) is 4.49. The minimum Gasteiger partial charge on any atom is -0.282 e. The van der Waals surface area contributed by atoms with E-state index in [4.69, 9.17) is 0 Å². The molecule has 2 aliphatic carbocycles. The van der Waals surface area contributed by atoms with E-state index in [1.807, 2.05) is 0 Å². The monoisotopic (exact) mass is 233 g/mol. The second-order valence-corrected chi connectivity index (χ2v) is 6.01. The zero-order valence-corrected chi connectivity index (χ0v) is 10.4. The Labute approximate surface area is 102 Å². The second kappa shape index (κ2) is 3.69. The Hall–Kier alpha value is -1.12. The molecule has 0 aromatic carbocycles. The van der Waals surface area contributed by atoms with Gasteiger partial charge in [0, 0.05) is 6.54 Å². The van der Waals surface area contributed by atoms with Gasteiger partial charge in [-0.3, -0.25) is 14.5 Å². The maximum absolute atomic E-state index is 12.3. The lowest BCUT2D eigenvalue weighted by atomic mass is 9.85. The van der Waals surface area contributed by atoms with E-state index in [0.29, 0.717) is 24.3 Å². The fraction of sp³-hybridized carbons (Fsp3) is 0.714. The Morgan fingerprint density at radius 2 is 1.71 bits per heavy atom. The standard InChI is InChI=1S/C14H19NO2/c1-8(2)5-6-15-13(16)11-9-3-4-10(7-9)12(11)14(15)17/h3-4,8-12H,5-7H2,1-2H3. The fourth-order valence-corrected chi connectivity index (χ4v) is 3.57. The molecule has 3 nitrogen and oxygen atoms in total. The van der Waals surface area contributed by atoms with Gasteiger partial charge < -0.3 is 0 Å². The maximum Gasteiger partial charge on any atom is 0.233 e. The fourth-order valence-electron chi connectivity index (χ4n) is 3.57. The van der Waals surface area contributed by atoms with Crippen LogP contribution in [0.4, 0.5) is 0 Å². The van der Waals surface area contributed by atoms with Gasteiger partial charge in [-0.25, -0.2) is 0 Å². The molecule has 0 aromatic rings. The number of nitrogens with zero attached hydrogens (tertiary/aromatic N) is 1. The van der Waals surface area contributed by atoms with E-state index in [9.17, 15) is 9.59 Å². The summed E-state index contributed by atoms with van der Waals surface area (Å²) in [5.74, 6) is 1.35. The van der Waals surface area contributed by atoms with Crippen molar-refractivity contribution >= 4 is 11.8 Å². The van der Waals surface area contributed by atoms with Crippen molar-refractivity contribution in [3.05, 3.63) is 12.2 Å². The van der Waals surface area contributed by atoms with Crippen molar-refractivity contribution in [1.29, 1.82) is 0 Å². The molecule has 4 atom stereocenters. The molecule has 3 aliphatic rings. The molecule has 2 fully saturated rings. The Kier molecular flexibility index (Phi) is 2.39. The van der Waals surface area contributed by atoms with Gasteiger partial charge in [-0.15, -0.1) is 0 Å². The van der Waals surface area contributed by atoms with Gasteiger partial charge in [-0.2, -0.15) is 0 Å². The van der Waals surface area contributed by atoms with E-state index in [-0.39, 0.29) is 23.7 Å². The molecule has 3 rings (SSSR count). The Bertz CT molecular complexity index is 369. The summed E-state index contributed by atoms with van der Waals surface area (Å²) in [6.45, 7) is 4.86. The van der Waals surface area contributed by atoms with Crippen LogP contribution in [0.2, 0.25) is 0 Å². The van der Waals surface area contributed by atoms with Crippen LogP contribution in [0.1, 0.15) is 26.7 Å². The third-order valence-electron chi connectivity index (χ3n) is 4.49. The molecule has 0 spiro atoms. The molecule has 2 amide bonds. The summed E-state index contributed by atoms with van der Waals surface area (Å²) in [4.78, 5) is 26.1. The van der Waals surface area contributed by atoms with Crippen molar-refractivity contribution in [2.75, 3.05) is 6.54 Å². The lowest BCUT2D eigenvalue weighted by molar-refractivity contribution is -0.140. The summed E-state index contributed by atoms with van der Waals surface area (Å²) in [5, 5.41) is 0. The zero-order chi connectivity index (χ0) is 12.2. The average Bonchev–Trinajstić information content (AvgIpc) is 2.92. The van der Waals surface area contributed by atoms with Crippen LogP contribution in [0.25, 0.3) is 0 Å². The van der Waals surface area contributed by atoms with Gasteiger partial charge in [0.05, 0.1) is 11.8 Å². The molecule has 17 heavy (non-hydrogen) atoms. The molecule has 1 heterocycles. The van der Waals surface area contributed by atoms with Crippen molar-refractivity contribution in [2.24, 2.45) is 29.6 Å². The number of carbonyl (C=O) groups is 2. The Morgan fingerprint density at radius 1 is 1.18 bits per heavy atom. The molecular weight excluding hydrogens is 214 g/mol. The first-order chi connectivity index (χ1) is 8.09. The van der Waals surface area contributed by atoms with Crippen molar-refractivity contribution in [1.82, 2.24) is 4.90 Å². The number of rotatable bonds is 3. The quantitative estimate of drug-likeness (QED) is 0.551. The molecule has 0 N–H and O–H groups in total. The molecule has 0 aromatic heterocycles. The number of likely N-dealkylation sites (tertiary alicyclic amines) is 1. The van der Waals surface area contributed by atoms with Gasteiger partial charge in [0.15, 0.2) is 0 Å². The summed E-state index contributed by atoms with van der Waals surface area (Å²) >= 11 is 0. The average molecular weight is 233 g/mol. The van der Waals surface area contributed by atoms with Gasteiger partial charge in [0.2, 0.25) is 11.8 Å². The van der Waals surface area contributed by atoms with Crippen molar-refractivity contribution in [2.45, 2.75) is 26.7 Å². The molecule has 4 unspecified atom stereocenters. The molecule has 92 valence electrons. The number of carbonyl (C=O) groups excluding carboxylic acids is 2. The van der Waals surface area contributed by atoms with Crippen molar-refractivity contribution < 1.29 is 9.59 Å².